The van der Waals surface area contributed by atoms with Crippen molar-refractivity contribution in [2.24, 2.45) is 0 Å². The van der Waals surface area contributed by atoms with Crippen molar-refractivity contribution >= 4 is 23.7 Å². The number of fused-ring (bicyclic) bond motifs is 1. The molecule has 0 spiro atoms. The summed E-state index contributed by atoms with van der Waals surface area (Å²) in [6, 6.07) is 14.3. The van der Waals surface area contributed by atoms with Gasteiger partial charge in [0, 0.05) is 5.56 Å². The predicted molar refractivity (Wildman–Crippen MR) is 69.3 cm³/mol. The second-order valence-electron chi connectivity index (χ2n) is 3.98. The first-order valence-corrected chi connectivity index (χ1v) is 5.56. The summed E-state index contributed by atoms with van der Waals surface area (Å²) < 4.78 is 5.62. The molecule has 0 atom stereocenters. The van der Waals surface area contributed by atoms with Crippen molar-refractivity contribution in [2.75, 3.05) is 0 Å². The summed E-state index contributed by atoms with van der Waals surface area (Å²) in [6.45, 7) is 0. The van der Waals surface area contributed by atoms with E-state index in [1.54, 1.807) is 24.3 Å². The molecule has 3 aromatic rings. The highest BCUT2D eigenvalue weighted by Crippen LogP contribution is 2.23. The van der Waals surface area contributed by atoms with Crippen molar-refractivity contribution in [3.63, 3.8) is 0 Å². The van der Waals surface area contributed by atoms with Crippen LogP contribution in [0.4, 0.5) is 0 Å². The fourth-order valence-electron chi connectivity index (χ4n) is 1.79. The molecule has 2 N–H and O–H groups in total. The Morgan fingerprint density at radius 1 is 0.944 bits per heavy atom. The van der Waals surface area contributed by atoms with Crippen molar-refractivity contribution in [3.05, 3.63) is 48.5 Å². The highest BCUT2D eigenvalue weighted by Gasteiger charge is 2.12. The molecule has 2 aromatic carbocycles. The van der Waals surface area contributed by atoms with Gasteiger partial charge < -0.3 is 14.5 Å². The number of rotatable bonds is 2. The summed E-state index contributed by atoms with van der Waals surface area (Å²) in [4.78, 5) is 4.37. The zero-order valence-corrected chi connectivity index (χ0v) is 9.45. The average Bonchev–Trinajstić information content (AvgIpc) is 2.82. The Morgan fingerprint density at radius 2 is 1.67 bits per heavy atom. The highest BCUT2D eigenvalue weighted by molar-refractivity contribution is 6.58. The maximum Gasteiger partial charge on any atom is 0.488 e. The van der Waals surface area contributed by atoms with E-state index in [9.17, 15) is 0 Å². The second kappa shape index (κ2) is 4.29. The number of benzene rings is 2. The van der Waals surface area contributed by atoms with Crippen LogP contribution in [0.5, 0.6) is 0 Å². The molecule has 0 saturated carbocycles. The van der Waals surface area contributed by atoms with Gasteiger partial charge >= 0.3 is 7.12 Å². The third kappa shape index (κ3) is 1.90. The minimum Gasteiger partial charge on any atom is -0.436 e. The van der Waals surface area contributed by atoms with Crippen molar-refractivity contribution in [1.29, 1.82) is 0 Å². The largest absolute Gasteiger partial charge is 0.488 e. The van der Waals surface area contributed by atoms with Gasteiger partial charge in [0.15, 0.2) is 5.58 Å². The molecular formula is C13H10BNO3. The lowest BCUT2D eigenvalue weighted by molar-refractivity contribution is 0.426. The first-order valence-electron chi connectivity index (χ1n) is 5.56. The smallest absolute Gasteiger partial charge is 0.436 e. The first kappa shape index (κ1) is 11.0. The van der Waals surface area contributed by atoms with E-state index in [1.807, 2.05) is 24.3 Å². The molecule has 0 fully saturated rings. The van der Waals surface area contributed by atoms with Gasteiger partial charge in [0.05, 0.1) is 0 Å². The van der Waals surface area contributed by atoms with E-state index in [2.05, 4.69) is 4.98 Å². The molecule has 18 heavy (non-hydrogen) atoms. The molecule has 88 valence electrons. The van der Waals surface area contributed by atoms with Crippen molar-refractivity contribution in [2.45, 2.75) is 0 Å². The number of nitrogens with zero attached hydrogens (tertiary/aromatic N) is 1. The lowest BCUT2D eigenvalue weighted by Crippen LogP contribution is -2.29. The van der Waals surface area contributed by atoms with Crippen LogP contribution >= 0.6 is 0 Å². The zero-order chi connectivity index (χ0) is 12.5. The van der Waals surface area contributed by atoms with Crippen LogP contribution in [0, 0.1) is 0 Å². The quantitative estimate of drug-likeness (QED) is 0.659. The Bertz CT molecular complexity index is 643. The second-order valence-corrected chi connectivity index (χ2v) is 3.98. The summed E-state index contributed by atoms with van der Waals surface area (Å²) in [5.74, 6) is 0.523. The Kier molecular flexibility index (Phi) is 2.62. The molecule has 0 unspecified atom stereocenters. The van der Waals surface area contributed by atoms with E-state index in [1.165, 1.54) is 0 Å². The van der Waals surface area contributed by atoms with Gasteiger partial charge in [-0.3, -0.25) is 0 Å². The van der Waals surface area contributed by atoms with E-state index in [0.29, 0.717) is 11.4 Å². The molecule has 0 amide bonds. The van der Waals surface area contributed by atoms with E-state index < -0.39 is 7.12 Å². The molecule has 3 rings (SSSR count). The number of aromatic nitrogens is 1. The van der Waals surface area contributed by atoms with Gasteiger partial charge in [-0.2, -0.15) is 0 Å². The summed E-state index contributed by atoms with van der Waals surface area (Å²) in [5, 5.41) is 18.0. The van der Waals surface area contributed by atoms with Gasteiger partial charge in [-0.05, 0) is 29.7 Å². The van der Waals surface area contributed by atoms with Gasteiger partial charge in [-0.1, -0.05) is 24.3 Å². The Balaban J connectivity index is 2.03. The molecule has 1 heterocycles. The summed E-state index contributed by atoms with van der Waals surface area (Å²) >= 11 is 0. The summed E-state index contributed by atoms with van der Waals surface area (Å²) in [7, 11) is -1.46. The van der Waals surface area contributed by atoms with Crippen LogP contribution in [0.3, 0.4) is 0 Å². The Hall–Kier alpha value is -2.11. The number of oxazole rings is 1. The molecule has 1 aromatic heterocycles. The average molecular weight is 239 g/mol. The molecule has 0 aliphatic rings. The van der Waals surface area contributed by atoms with E-state index in [0.717, 1.165) is 16.7 Å². The maximum atomic E-state index is 9.02. The molecule has 4 nitrogen and oxygen atoms in total. The van der Waals surface area contributed by atoms with Crippen LogP contribution in [0.2, 0.25) is 0 Å². The monoisotopic (exact) mass is 239 g/mol. The maximum absolute atomic E-state index is 9.02. The standard InChI is InChI=1S/C13H10BNO3/c16-14(17)10-7-5-9(6-8-10)13-15-11-3-1-2-4-12(11)18-13/h1-8,16-17H. The first-order chi connectivity index (χ1) is 8.74. The van der Waals surface area contributed by atoms with Crippen molar-refractivity contribution in [3.8, 4) is 11.5 Å². The van der Waals surface area contributed by atoms with Gasteiger partial charge in [-0.25, -0.2) is 4.98 Å². The number of para-hydroxylation sites is 2. The van der Waals surface area contributed by atoms with Crippen LogP contribution in [0.25, 0.3) is 22.6 Å². The predicted octanol–water partition coefficient (Wildman–Crippen LogP) is 1.17. The summed E-state index contributed by atoms with van der Waals surface area (Å²) in [5.41, 5.74) is 2.78. The lowest BCUT2D eigenvalue weighted by atomic mass is 9.80. The van der Waals surface area contributed by atoms with Crippen LogP contribution in [0.1, 0.15) is 0 Å². The topological polar surface area (TPSA) is 66.5 Å². The number of hydrogen-bond acceptors (Lipinski definition) is 4. The molecule has 0 aliphatic heterocycles. The minimum atomic E-state index is -1.46. The fraction of sp³-hybridized carbons (Fsp3) is 0. The third-order valence-corrected chi connectivity index (χ3v) is 2.75. The highest BCUT2D eigenvalue weighted by atomic mass is 16.4. The normalized spacial score (nSPS) is 10.8. The van der Waals surface area contributed by atoms with E-state index in [-0.39, 0.29) is 0 Å². The Labute approximate surface area is 104 Å². The zero-order valence-electron chi connectivity index (χ0n) is 9.45. The van der Waals surface area contributed by atoms with Gasteiger partial charge in [0.2, 0.25) is 5.89 Å². The summed E-state index contributed by atoms with van der Waals surface area (Å²) in [6.07, 6.45) is 0. The Morgan fingerprint density at radius 3 is 2.33 bits per heavy atom. The fourth-order valence-corrected chi connectivity index (χ4v) is 1.79. The van der Waals surface area contributed by atoms with Gasteiger partial charge in [-0.15, -0.1) is 0 Å². The van der Waals surface area contributed by atoms with Crippen LogP contribution in [-0.4, -0.2) is 22.2 Å². The van der Waals surface area contributed by atoms with Crippen LogP contribution in [-0.2, 0) is 0 Å². The molecular weight excluding hydrogens is 229 g/mol. The molecule has 5 heteroatoms. The van der Waals surface area contributed by atoms with E-state index in [4.69, 9.17) is 14.5 Å². The molecule has 0 saturated heterocycles. The van der Waals surface area contributed by atoms with Crippen LogP contribution in [0.15, 0.2) is 52.9 Å². The minimum absolute atomic E-state index is 0.440. The van der Waals surface area contributed by atoms with Crippen LogP contribution < -0.4 is 5.46 Å². The molecule has 0 aliphatic carbocycles. The van der Waals surface area contributed by atoms with Gasteiger partial charge in [0.1, 0.15) is 5.52 Å². The molecule has 0 bridgehead atoms. The number of hydrogen-bond donors (Lipinski definition) is 2. The lowest BCUT2D eigenvalue weighted by Gasteiger charge is -1.99. The SMILES string of the molecule is OB(O)c1ccc(-c2nc3ccccc3o2)cc1. The van der Waals surface area contributed by atoms with Crippen molar-refractivity contribution in [1.82, 2.24) is 4.98 Å². The van der Waals surface area contributed by atoms with E-state index >= 15 is 0 Å². The molecule has 0 radical (unpaired) electrons. The third-order valence-electron chi connectivity index (χ3n) is 2.75. The van der Waals surface area contributed by atoms with Crippen molar-refractivity contribution < 1.29 is 14.5 Å². The van der Waals surface area contributed by atoms with Gasteiger partial charge in [0.25, 0.3) is 0 Å².